The van der Waals surface area contributed by atoms with Crippen LogP contribution in [0.2, 0.25) is 39.3 Å². The highest BCUT2D eigenvalue weighted by Crippen LogP contribution is 2.47. The van der Waals surface area contributed by atoms with Crippen LogP contribution in [0.25, 0.3) is 0 Å². The third-order valence-electron chi connectivity index (χ3n) is 11.7. The highest BCUT2D eigenvalue weighted by molar-refractivity contribution is 6.89. The minimum Gasteiger partial charge on any atom is -0.469 e. The molecule has 0 unspecified atom stereocenters. The lowest BCUT2D eigenvalue weighted by molar-refractivity contribution is -0.151. The van der Waals surface area contributed by atoms with Gasteiger partial charge in [0.2, 0.25) is 0 Å². The molecule has 1 N–H and O–H groups in total. The number of alkyl halides is 1. The minimum atomic E-state index is -1.33. The average molecular weight is 695 g/mol. The Hall–Kier alpha value is -2.34. The first-order valence-electron chi connectivity index (χ1n) is 18.2. The number of esters is 2. The molecule has 4 bridgehead atoms. The molecule has 0 aromatic heterocycles. The number of rotatable bonds is 9. The van der Waals surface area contributed by atoms with Crippen molar-refractivity contribution in [3.8, 4) is 0 Å². The summed E-state index contributed by atoms with van der Waals surface area (Å²) < 4.78 is 23.0. The largest absolute Gasteiger partial charge is 0.469 e. The fraction of sp³-hybridized carbons (Fsp3) is 0.641. The molecular weight excluding hydrogens is 636 g/mol. The fourth-order valence-electron chi connectivity index (χ4n) is 9.03. The molecule has 0 spiro atoms. The van der Waals surface area contributed by atoms with E-state index >= 15 is 0 Å². The number of nitrogens with zero attached hydrogens (tertiary/aromatic N) is 1. The van der Waals surface area contributed by atoms with Gasteiger partial charge in [0, 0.05) is 42.5 Å². The molecule has 4 heterocycles. The molecule has 48 heavy (non-hydrogen) atoms. The van der Waals surface area contributed by atoms with Crippen LogP contribution in [0.15, 0.2) is 48.5 Å². The van der Waals surface area contributed by atoms with E-state index < -0.39 is 16.1 Å². The second-order valence-electron chi connectivity index (χ2n) is 16.7. The summed E-state index contributed by atoms with van der Waals surface area (Å²) in [4.78, 5) is 27.4. The van der Waals surface area contributed by atoms with Crippen LogP contribution in [0, 0.1) is 11.8 Å². The maximum absolute atomic E-state index is 12.7. The van der Waals surface area contributed by atoms with Crippen LogP contribution in [0.3, 0.4) is 0 Å². The van der Waals surface area contributed by atoms with Crippen molar-refractivity contribution in [1.82, 2.24) is 10.2 Å². The number of halogens is 1. The van der Waals surface area contributed by atoms with Gasteiger partial charge in [-0.15, -0.1) is 0 Å². The average Bonchev–Trinajstić information content (AvgIpc) is 3.58. The number of hydrogen-bond donors (Lipinski definition) is 1. The Morgan fingerprint density at radius 2 is 1.27 bits per heavy atom. The van der Waals surface area contributed by atoms with Crippen molar-refractivity contribution in [3.63, 3.8) is 0 Å². The summed E-state index contributed by atoms with van der Waals surface area (Å²) in [6, 6.07) is 19.5. The molecule has 0 saturated carbocycles. The van der Waals surface area contributed by atoms with E-state index in [2.05, 4.69) is 98.0 Å². The summed E-state index contributed by atoms with van der Waals surface area (Å²) >= 11 is 0. The van der Waals surface area contributed by atoms with Crippen molar-refractivity contribution in [2.45, 2.75) is 120 Å². The molecule has 8 atom stereocenters. The Kier molecular flexibility index (Phi) is 11.8. The summed E-state index contributed by atoms with van der Waals surface area (Å²) in [7, 11) is 0.398. The Labute approximate surface area is 290 Å². The van der Waals surface area contributed by atoms with E-state index in [1.54, 1.807) is 0 Å². The number of hydrogen-bond acceptors (Lipinski definition) is 6. The molecular formula is C39H59FN2O4Si2. The first-order chi connectivity index (χ1) is 22.8. The van der Waals surface area contributed by atoms with Crippen LogP contribution in [0.1, 0.15) is 67.9 Å². The number of benzene rings is 2. The van der Waals surface area contributed by atoms with Gasteiger partial charge >= 0.3 is 11.9 Å². The third-order valence-corrected chi connectivity index (χ3v) is 15.8. The molecule has 4 aliphatic rings. The molecule has 9 heteroatoms. The molecule has 6 rings (SSSR count). The Morgan fingerprint density at radius 1 is 0.750 bits per heavy atom. The van der Waals surface area contributed by atoms with Gasteiger partial charge in [-0.2, -0.15) is 0 Å². The van der Waals surface area contributed by atoms with Crippen molar-refractivity contribution < 1.29 is 23.5 Å². The summed E-state index contributed by atoms with van der Waals surface area (Å²) in [6.07, 6.45) is 6.96. The number of carbonyl (C=O) groups excluding carboxylic acids is 2. The predicted molar refractivity (Wildman–Crippen MR) is 199 cm³/mol. The third kappa shape index (κ3) is 8.00. The molecule has 2 aromatic rings. The van der Waals surface area contributed by atoms with Gasteiger partial charge in [-0.3, -0.25) is 18.9 Å². The van der Waals surface area contributed by atoms with Crippen molar-refractivity contribution >= 4 is 38.5 Å². The highest BCUT2D eigenvalue weighted by atomic mass is 28.3. The molecule has 264 valence electrons. The number of ether oxygens (including phenoxy) is 2. The summed E-state index contributed by atoms with van der Waals surface area (Å²) in [5.41, 5.74) is 2.56. The molecule has 6 nitrogen and oxygen atoms in total. The van der Waals surface area contributed by atoms with E-state index in [-0.39, 0.29) is 48.5 Å². The van der Waals surface area contributed by atoms with Gasteiger partial charge in [-0.25, -0.2) is 0 Å². The van der Waals surface area contributed by atoms with Crippen molar-refractivity contribution in [2.24, 2.45) is 11.8 Å². The molecule has 0 aliphatic carbocycles. The number of fused-ring (bicyclic) bond motifs is 4. The van der Waals surface area contributed by atoms with Gasteiger partial charge in [0.15, 0.2) is 0 Å². The zero-order chi connectivity index (χ0) is 34.8. The van der Waals surface area contributed by atoms with E-state index in [0.29, 0.717) is 24.4 Å². The second kappa shape index (κ2) is 15.3. The van der Waals surface area contributed by atoms with E-state index in [9.17, 15) is 14.0 Å². The first kappa shape index (κ1) is 36.9. The SMILES string of the molecule is COC(=O)[C@H]1[C@@H](c2ccc([Si](C)(C)C)cc2)C[C@@H]2CC[C@H]1N2.COC(=O)[C@H]1[C@@H](c2ccc([Si](C)(C)C)cc2)C[C@@H]2CC[C@H]1N2CCCF. The van der Waals surface area contributed by atoms with Gasteiger partial charge in [-0.1, -0.05) is 98.2 Å². The van der Waals surface area contributed by atoms with Gasteiger partial charge in [0.05, 0.1) is 48.9 Å². The van der Waals surface area contributed by atoms with Crippen LogP contribution < -0.4 is 15.7 Å². The predicted octanol–water partition coefficient (Wildman–Crippen LogP) is 6.33. The quantitative estimate of drug-likeness (QED) is 0.245. The standard InChI is InChI=1S/C21H32FNO2Si.C18H27NO2Si/c1-25-21(24)20-18(15-6-9-17(10-7-15)26(2,3)4)14-16-8-11-19(20)23(16)13-5-12-22;1-21-18(20)17-15(11-13-7-10-16(17)19-13)12-5-8-14(9-6-12)22(2,3)4/h6-7,9-10,16,18-20H,5,8,11-14H2,1-4H3;5-6,8-9,13,15-17,19H,7,10-11H2,1-4H3/t16-,18+,19+,20-;13-,15+,16+,17-/m00/s1. The van der Waals surface area contributed by atoms with Gasteiger partial charge in [-0.05, 0) is 56.1 Å². The topological polar surface area (TPSA) is 67.9 Å². The lowest BCUT2D eigenvalue weighted by Crippen LogP contribution is -2.51. The lowest BCUT2D eigenvalue weighted by Gasteiger charge is -2.43. The second-order valence-corrected chi connectivity index (χ2v) is 26.8. The van der Waals surface area contributed by atoms with Crippen molar-refractivity contribution in [2.75, 3.05) is 27.4 Å². The van der Waals surface area contributed by atoms with Crippen LogP contribution in [0.4, 0.5) is 4.39 Å². The zero-order valence-corrected chi connectivity index (χ0v) is 32.6. The fourth-order valence-corrected chi connectivity index (χ4v) is 11.4. The highest BCUT2D eigenvalue weighted by Gasteiger charge is 2.51. The molecule has 0 amide bonds. The smallest absolute Gasteiger partial charge is 0.310 e. The molecule has 4 fully saturated rings. The molecule has 4 aliphatic heterocycles. The van der Waals surface area contributed by atoms with Gasteiger partial charge in [0.1, 0.15) is 0 Å². The van der Waals surface area contributed by atoms with Crippen molar-refractivity contribution in [3.05, 3.63) is 59.7 Å². The maximum atomic E-state index is 12.7. The number of carbonyl (C=O) groups is 2. The molecule has 2 aromatic carbocycles. The van der Waals surface area contributed by atoms with Crippen LogP contribution in [0.5, 0.6) is 0 Å². The number of nitrogens with one attached hydrogen (secondary N) is 1. The van der Waals surface area contributed by atoms with E-state index in [4.69, 9.17) is 9.47 Å². The summed E-state index contributed by atoms with van der Waals surface area (Å²) in [5.74, 6) is 0.147. The Bertz CT molecular complexity index is 1390. The number of methoxy groups -OCH3 is 2. The summed E-state index contributed by atoms with van der Waals surface area (Å²) in [6.45, 7) is 14.6. The van der Waals surface area contributed by atoms with E-state index in [0.717, 1.165) is 38.6 Å². The zero-order valence-electron chi connectivity index (χ0n) is 30.6. The van der Waals surface area contributed by atoms with Crippen LogP contribution >= 0.6 is 0 Å². The van der Waals surface area contributed by atoms with Gasteiger partial charge < -0.3 is 14.8 Å². The minimum absolute atomic E-state index is 0.0403. The Balaban J connectivity index is 0.000000190. The maximum Gasteiger partial charge on any atom is 0.310 e. The molecule has 4 saturated heterocycles. The van der Waals surface area contributed by atoms with E-state index in [1.807, 2.05) is 0 Å². The first-order valence-corrected chi connectivity index (χ1v) is 25.2. The monoisotopic (exact) mass is 694 g/mol. The van der Waals surface area contributed by atoms with Gasteiger partial charge in [0.25, 0.3) is 0 Å². The normalized spacial score (nSPS) is 29.9. The van der Waals surface area contributed by atoms with Crippen LogP contribution in [-0.2, 0) is 19.1 Å². The lowest BCUT2D eigenvalue weighted by atomic mass is 9.76. The van der Waals surface area contributed by atoms with Crippen molar-refractivity contribution in [1.29, 1.82) is 0 Å². The van der Waals surface area contributed by atoms with Crippen LogP contribution in [-0.4, -0.2) is 84.6 Å². The summed E-state index contributed by atoms with van der Waals surface area (Å²) in [5, 5.41) is 6.52. The number of piperidine rings is 2. The Morgan fingerprint density at radius 3 is 1.77 bits per heavy atom. The van der Waals surface area contributed by atoms with E-state index in [1.165, 1.54) is 42.1 Å². The molecule has 0 radical (unpaired) electrons.